The van der Waals surface area contributed by atoms with Gasteiger partial charge in [0, 0.05) is 31.4 Å². The standard InChI is InChI=1S/C24H26N4O3/c1-16(2)28-24(31)20-10-4-3-9-19(20)22(26-28)23(30)25-14-17-7-5-8-18(13-17)15-27-12-6-11-21(27)29/h3-5,7-10,13,16H,6,11-12,14-15H2,1-2H3,(H,25,30). The molecule has 0 saturated carbocycles. The fourth-order valence-corrected chi connectivity index (χ4v) is 3.92. The Morgan fingerprint density at radius 2 is 1.81 bits per heavy atom. The van der Waals surface area contributed by atoms with Gasteiger partial charge < -0.3 is 10.2 Å². The van der Waals surface area contributed by atoms with Crippen LogP contribution in [0.5, 0.6) is 0 Å². The number of rotatable bonds is 6. The van der Waals surface area contributed by atoms with Crippen molar-refractivity contribution < 1.29 is 9.59 Å². The van der Waals surface area contributed by atoms with E-state index in [2.05, 4.69) is 10.4 Å². The summed E-state index contributed by atoms with van der Waals surface area (Å²) in [6.07, 6.45) is 1.53. The number of nitrogens with one attached hydrogen (secondary N) is 1. The maximum Gasteiger partial charge on any atom is 0.274 e. The number of hydrogen-bond acceptors (Lipinski definition) is 4. The summed E-state index contributed by atoms with van der Waals surface area (Å²) in [6, 6.07) is 14.8. The highest BCUT2D eigenvalue weighted by Crippen LogP contribution is 2.17. The van der Waals surface area contributed by atoms with Gasteiger partial charge in [0.25, 0.3) is 11.5 Å². The Morgan fingerprint density at radius 1 is 1.06 bits per heavy atom. The minimum atomic E-state index is -0.328. The van der Waals surface area contributed by atoms with E-state index in [1.165, 1.54) is 4.68 Å². The molecule has 31 heavy (non-hydrogen) atoms. The molecule has 1 aliphatic rings. The first-order valence-electron chi connectivity index (χ1n) is 10.6. The van der Waals surface area contributed by atoms with Gasteiger partial charge in [0.05, 0.1) is 11.4 Å². The Balaban J connectivity index is 1.54. The van der Waals surface area contributed by atoms with Crippen LogP contribution in [0, 0.1) is 0 Å². The van der Waals surface area contributed by atoms with Crippen LogP contribution >= 0.6 is 0 Å². The summed E-state index contributed by atoms with van der Waals surface area (Å²) in [5.74, 6) is -0.136. The highest BCUT2D eigenvalue weighted by Gasteiger charge is 2.20. The van der Waals surface area contributed by atoms with Crippen LogP contribution in [0.2, 0.25) is 0 Å². The molecule has 3 aromatic rings. The van der Waals surface area contributed by atoms with E-state index in [0.717, 1.165) is 24.1 Å². The van der Waals surface area contributed by atoms with Crippen molar-refractivity contribution in [2.24, 2.45) is 0 Å². The maximum atomic E-state index is 13.0. The van der Waals surface area contributed by atoms with E-state index < -0.39 is 0 Å². The van der Waals surface area contributed by atoms with Gasteiger partial charge in [0.1, 0.15) is 0 Å². The molecule has 1 N–H and O–H groups in total. The van der Waals surface area contributed by atoms with Crippen LogP contribution in [0.15, 0.2) is 53.3 Å². The summed E-state index contributed by atoms with van der Waals surface area (Å²) in [4.78, 5) is 39.4. The second kappa shape index (κ2) is 8.71. The van der Waals surface area contributed by atoms with Crippen molar-refractivity contribution in [2.45, 2.75) is 45.8 Å². The highest BCUT2D eigenvalue weighted by molar-refractivity contribution is 6.04. The summed E-state index contributed by atoms with van der Waals surface area (Å²) >= 11 is 0. The number of amides is 2. The average Bonchev–Trinajstić information content (AvgIpc) is 3.17. The number of fused-ring (bicyclic) bond motifs is 1. The Kier molecular flexibility index (Phi) is 5.84. The lowest BCUT2D eigenvalue weighted by Crippen LogP contribution is -2.31. The van der Waals surface area contributed by atoms with Crippen LogP contribution in [0.25, 0.3) is 10.8 Å². The largest absolute Gasteiger partial charge is 0.347 e. The zero-order valence-electron chi connectivity index (χ0n) is 17.8. The molecule has 0 atom stereocenters. The van der Waals surface area contributed by atoms with Crippen molar-refractivity contribution in [3.05, 3.63) is 75.7 Å². The second-order valence-corrected chi connectivity index (χ2v) is 8.16. The summed E-state index contributed by atoms with van der Waals surface area (Å²) in [5.41, 5.74) is 2.02. The molecule has 7 heteroatoms. The van der Waals surface area contributed by atoms with Crippen molar-refractivity contribution >= 4 is 22.6 Å². The summed E-state index contributed by atoms with van der Waals surface area (Å²) in [7, 11) is 0. The van der Waals surface area contributed by atoms with Gasteiger partial charge in [-0.3, -0.25) is 14.4 Å². The topological polar surface area (TPSA) is 84.3 Å². The van der Waals surface area contributed by atoms with E-state index in [1.54, 1.807) is 24.3 Å². The smallest absolute Gasteiger partial charge is 0.274 e. The van der Waals surface area contributed by atoms with Crippen LogP contribution in [-0.4, -0.2) is 33.0 Å². The lowest BCUT2D eigenvalue weighted by atomic mass is 10.1. The van der Waals surface area contributed by atoms with Gasteiger partial charge in [0.15, 0.2) is 5.69 Å². The molecule has 4 rings (SSSR count). The molecule has 0 aliphatic carbocycles. The molecule has 7 nitrogen and oxygen atoms in total. The maximum absolute atomic E-state index is 13.0. The molecular formula is C24H26N4O3. The summed E-state index contributed by atoms with van der Waals surface area (Å²) < 4.78 is 1.35. The van der Waals surface area contributed by atoms with Gasteiger partial charge in [-0.15, -0.1) is 0 Å². The van der Waals surface area contributed by atoms with Crippen LogP contribution in [0.4, 0.5) is 0 Å². The van der Waals surface area contributed by atoms with Crippen molar-refractivity contribution in [1.29, 1.82) is 0 Å². The van der Waals surface area contributed by atoms with Crippen LogP contribution in [0.3, 0.4) is 0 Å². The van der Waals surface area contributed by atoms with Gasteiger partial charge in [-0.25, -0.2) is 4.68 Å². The molecule has 1 aliphatic heterocycles. The zero-order chi connectivity index (χ0) is 22.0. The molecule has 0 radical (unpaired) electrons. The molecule has 160 valence electrons. The first kappa shape index (κ1) is 20.8. The molecule has 1 saturated heterocycles. The average molecular weight is 418 g/mol. The molecule has 2 aromatic carbocycles. The number of likely N-dealkylation sites (tertiary alicyclic amines) is 1. The van der Waals surface area contributed by atoms with E-state index in [1.807, 2.05) is 43.0 Å². The Bertz CT molecular complexity index is 1200. The van der Waals surface area contributed by atoms with E-state index in [-0.39, 0.29) is 29.1 Å². The van der Waals surface area contributed by atoms with E-state index in [0.29, 0.717) is 30.3 Å². The molecule has 1 aromatic heterocycles. The van der Waals surface area contributed by atoms with Crippen molar-refractivity contribution in [2.75, 3.05) is 6.54 Å². The Hall–Kier alpha value is -3.48. The third kappa shape index (κ3) is 4.35. The van der Waals surface area contributed by atoms with Gasteiger partial charge >= 0.3 is 0 Å². The van der Waals surface area contributed by atoms with Crippen molar-refractivity contribution in [3.63, 3.8) is 0 Å². The normalized spacial score (nSPS) is 13.9. The van der Waals surface area contributed by atoms with E-state index in [9.17, 15) is 14.4 Å². The van der Waals surface area contributed by atoms with Crippen molar-refractivity contribution in [1.82, 2.24) is 20.0 Å². The molecule has 2 heterocycles. The number of nitrogens with zero attached hydrogens (tertiary/aromatic N) is 3. The minimum absolute atomic E-state index is 0.159. The SMILES string of the molecule is CC(C)n1nc(C(=O)NCc2cccc(CN3CCCC3=O)c2)c2ccccc2c1=O. The zero-order valence-corrected chi connectivity index (χ0v) is 17.8. The summed E-state index contributed by atoms with van der Waals surface area (Å²) in [5, 5.41) is 8.30. The fraction of sp³-hybridized carbons (Fsp3) is 0.333. The molecular weight excluding hydrogens is 392 g/mol. The highest BCUT2D eigenvalue weighted by atomic mass is 16.2. The molecule has 1 fully saturated rings. The van der Waals surface area contributed by atoms with E-state index >= 15 is 0 Å². The quantitative estimate of drug-likeness (QED) is 0.667. The number of aromatic nitrogens is 2. The van der Waals surface area contributed by atoms with Gasteiger partial charge in [-0.1, -0.05) is 42.5 Å². The molecule has 2 amide bonds. The predicted octanol–water partition coefficient (Wildman–Crippen LogP) is 3.03. The molecule has 0 spiro atoms. The number of carbonyl (C=O) groups excluding carboxylic acids is 2. The molecule has 0 unspecified atom stereocenters. The fourth-order valence-electron chi connectivity index (χ4n) is 3.92. The van der Waals surface area contributed by atoms with Gasteiger partial charge in [-0.2, -0.15) is 5.10 Å². The van der Waals surface area contributed by atoms with Crippen molar-refractivity contribution in [3.8, 4) is 0 Å². The van der Waals surface area contributed by atoms with E-state index in [4.69, 9.17) is 0 Å². The van der Waals surface area contributed by atoms with Gasteiger partial charge in [-0.05, 0) is 37.5 Å². The minimum Gasteiger partial charge on any atom is -0.347 e. The third-order valence-corrected chi connectivity index (χ3v) is 5.52. The number of carbonyl (C=O) groups is 2. The van der Waals surface area contributed by atoms with Crippen LogP contribution < -0.4 is 10.9 Å². The first-order valence-corrected chi connectivity index (χ1v) is 10.6. The number of benzene rings is 2. The first-order chi connectivity index (χ1) is 14.9. The summed E-state index contributed by atoms with van der Waals surface area (Å²) in [6.45, 7) is 5.44. The number of hydrogen-bond donors (Lipinski definition) is 1. The third-order valence-electron chi connectivity index (χ3n) is 5.52. The monoisotopic (exact) mass is 418 g/mol. The van der Waals surface area contributed by atoms with Crippen LogP contribution in [-0.2, 0) is 17.9 Å². The Labute approximate surface area is 180 Å². The Morgan fingerprint density at radius 3 is 2.52 bits per heavy atom. The van der Waals surface area contributed by atoms with Gasteiger partial charge in [0.2, 0.25) is 5.91 Å². The molecule has 0 bridgehead atoms. The predicted molar refractivity (Wildman–Crippen MR) is 119 cm³/mol. The lowest BCUT2D eigenvalue weighted by molar-refractivity contribution is -0.128. The van der Waals surface area contributed by atoms with Crippen LogP contribution in [0.1, 0.15) is 54.3 Å². The second-order valence-electron chi connectivity index (χ2n) is 8.16. The lowest BCUT2D eigenvalue weighted by Gasteiger charge is -2.16.